The number of hydrogen-bond acceptors (Lipinski definition) is 5. The molecule has 0 N–H and O–H groups in total. The van der Waals surface area contributed by atoms with Crippen LogP contribution in [0.1, 0.15) is 6.92 Å². The van der Waals surface area contributed by atoms with Gasteiger partial charge in [-0.2, -0.15) is 0 Å². The molecule has 2 aromatic carbocycles. The first-order valence-electron chi connectivity index (χ1n) is 9.02. The van der Waals surface area contributed by atoms with Crippen LogP contribution in [0.5, 0.6) is 11.5 Å². The van der Waals surface area contributed by atoms with Crippen molar-refractivity contribution in [1.29, 1.82) is 0 Å². The van der Waals surface area contributed by atoms with Gasteiger partial charge < -0.3 is 23.5 Å². The second-order valence-electron chi connectivity index (χ2n) is 6.60. The number of hydrogen-bond donors (Lipinski definition) is 0. The van der Waals surface area contributed by atoms with Crippen LogP contribution in [0.4, 0.5) is 0 Å². The highest BCUT2D eigenvalue weighted by Gasteiger charge is 2.24. The fourth-order valence-electron chi connectivity index (χ4n) is 3.10. The van der Waals surface area contributed by atoms with E-state index in [4.69, 9.17) is 23.5 Å². The third-order valence-corrected chi connectivity index (χ3v) is 6.73. The standard InChI is InChI=1S/C20H21O5P/c1-2-25-26-19-7-13(21-9-15-11-23-15)3-5-17(19)18-6-4-14(8-20(18)26)22-10-16-12-24-16/h3-8,15-16H,2,9-12H2,1H3. The molecule has 136 valence electrons. The quantitative estimate of drug-likeness (QED) is 0.560. The van der Waals surface area contributed by atoms with Gasteiger partial charge in [-0.05, 0) is 54.1 Å². The van der Waals surface area contributed by atoms with Gasteiger partial charge in [0.1, 0.15) is 36.9 Å². The average Bonchev–Trinajstić information content (AvgIpc) is 3.58. The minimum absolute atomic E-state index is 0.254. The first kappa shape index (κ1) is 16.4. The van der Waals surface area contributed by atoms with Gasteiger partial charge in [0.15, 0.2) is 0 Å². The number of fused-ring (bicyclic) bond motifs is 3. The van der Waals surface area contributed by atoms with E-state index in [2.05, 4.69) is 24.3 Å². The second kappa shape index (κ2) is 6.75. The van der Waals surface area contributed by atoms with Crippen LogP contribution < -0.4 is 14.0 Å². The zero-order valence-corrected chi connectivity index (χ0v) is 15.5. The van der Waals surface area contributed by atoms with E-state index in [1.807, 2.05) is 19.1 Å². The maximum atomic E-state index is 6.15. The normalized spacial score (nSPS) is 22.0. The molecule has 2 aliphatic heterocycles. The Labute approximate surface area is 152 Å². The molecule has 0 amide bonds. The molecule has 2 atom stereocenters. The molecule has 1 aromatic heterocycles. The van der Waals surface area contributed by atoms with Gasteiger partial charge in [0.2, 0.25) is 0 Å². The lowest BCUT2D eigenvalue weighted by Crippen LogP contribution is -2.03. The largest absolute Gasteiger partial charge is 0.491 e. The minimum atomic E-state index is -0.853. The predicted molar refractivity (Wildman–Crippen MR) is 102 cm³/mol. The van der Waals surface area contributed by atoms with Crippen LogP contribution in [0.2, 0.25) is 0 Å². The molecule has 2 saturated heterocycles. The van der Waals surface area contributed by atoms with Gasteiger partial charge in [-0.1, -0.05) is 0 Å². The molecule has 6 heteroatoms. The van der Waals surface area contributed by atoms with Crippen molar-refractivity contribution in [3.63, 3.8) is 0 Å². The van der Waals surface area contributed by atoms with E-state index in [1.165, 1.54) is 21.0 Å². The summed E-state index contributed by atoms with van der Waals surface area (Å²) in [6.45, 7) is 5.54. The molecule has 5 rings (SSSR count). The Morgan fingerprint density at radius 1 is 0.885 bits per heavy atom. The summed E-state index contributed by atoms with van der Waals surface area (Å²) < 4.78 is 28.3. The van der Waals surface area contributed by atoms with Crippen molar-refractivity contribution >= 4 is 28.8 Å². The van der Waals surface area contributed by atoms with Crippen molar-refractivity contribution in [3.05, 3.63) is 36.4 Å². The Bertz CT molecular complexity index is 869. The van der Waals surface area contributed by atoms with E-state index in [0.29, 0.717) is 19.8 Å². The molecule has 2 fully saturated rings. The Hall–Kier alpha value is -1.78. The van der Waals surface area contributed by atoms with Gasteiger partial charge in [-0.3, -0.25) is 0 Å². The molecule has 2 aliphatic rings. The van der Waals surface area contributed by atoms with E-state index in [9.17, 15) is 0 Å². The number of rotatable bonds is 8. The molecule has 0 saturated carbocycles. The summed E-state index contributed by atoms with van der Waals surface area (Å²) in [6.07, 6.45) is 0.507. The Balaban J connectivity index is 1.53. The molecule has 3 heterocycles. The second-order valence-corrected chi connectivity index (χ2v) is 8.41. The van der Waals surface area contributed by atoms with Crippen molar-refractivity contribution in [1.82, 2.24) is 0 Å². The zero-order chi connectivity index (χ0) is 17.5. The van der Waals surface area contributed by atoms with Crippen molar-refractivity contribution in [3.8, 4) is 11.5 Å². The van der Waals surface area contributed by atoms with Gasteiger partial charge in [0, 0.05) is 18.0 Å². The van der Waals surface area contributed by atoms with Crippen molar-refractivity contribution in [2.45, 2.75) is 19.1 Å². The molecular weight excluding hydrogens is 351 g/mol. The maximum absolute atomic E-state index is 6.15. The van der Waals surface area contributed by atoms with Crippen LogP contribution in [-0.4, -0.2) is 45.2 Å². The first-order valence-corrected chi connectivity index (χ1v) is 10.3. The fourth-order valence-corrected chi connectivity index (χ4v) is 5.21. The van der Waals surface area contributed by atoms with Crippen LogP contribution in [0.25, 0.3) is 21.0 Å². The highest BCUT2D eigenvalue weighted by molar-refractivity contribution is 7.57. The van der Waals surface area contributed by atoms with Crippen molar-refractivity contribution in [2.75, 3.05) is 33.0 Å². The summed E-state index contributed by atoms with van der Waals surface area (Å²) in [7, 11) is -0.853. The molecule has 0 radical (unpaired) electrons. The summed E-state index contributed by atoms with van der Waals surface area (Å²) in [5.74, 6) is 1.75. The van der Waals surface area contributed by atoms with E-state index < -0.39 is 7.76 Å². The highest BCUT2D eigenvalue weighted by Crippen LogP contribution is 2.49. The third-order valence-electron chi connectivity index (χ3n) is 4.60. The monoisotopic (exact) mass is 372 g/mol. The van der Waals surface area contributed by atoms with E-state index >= 15 is 0 Å². The van der Waals surface area contributed by atoms with Crippen molar-refractivity contribution in [2.24, 2.45) is 0 Å². The van der Waals surface area contributed by atoms with Crippen LogP contribution in [0, 0.1) is 0 Å². The first-order chi connectivity index (χ1) is 12.8. The zero-order valence-electron chi connectivity index (χ0n) is 14.6. The third kappa shape index (κ3) is 3.28. The molecule has 5 nitrogen and oxygen atoms in total. The molecule has 2 unspecified atom stereocenters. The van der Waals surface area contributed by atoms with Gasteiger partial charge in [0.05, 0.1) is 19.8 Å². The number of ether oxygens (including phenoxy) is 4. The van der Waals surface area contributed by atoms with E-state index in [1.54, 1.807) is 0 Å². The highest BCUT2D eigenvalue weighted by atomic mass is 31.1. The van der Waals surface area contributed by atoms with Crippen LogP contribution >= 0.6 is 7.76 Å². The van der Waals surface area contributed by atoms with Crippen LogP contribution in [0.15, 0.2) is 36.4 Å². The minimum Gasteiger partial charge on any atom is -0.491 e. The Morgan fingerprint density at radius 3 is 1.81 bits per heavy atom. The summed E-state index contributed by atoms with van der Waals surface area (Å²) in [6, 6.07) is 12.6. The number of epoxide rings is 2. The van der Waals surface area contributed by atoms with Crippen molar-refractivity contribution < 1.29 is 23.5 Å². The fraction of sp³-hybridized carbons (Fsp3) is 0.400. The SMILES string of the molecule is CCOp1c2cc(OCC3CO3)ccc2c2ccc(OCC3CO3)cc21. The topological polar surface area (TPSA) is 52.8 Å². The lowest BCUT2D eigenvalue weighted by atomic mass is 10.1. The average molecular weight is 372 g/mol. The van der Waals surface area contributed by atoms with Gasteiger partial charge >= 0.3 is 0 Å². The van der Waals surface area contributed by atoms with E-state index in [0.717, 1.165) is 24.7 Å². The van der Waals surface area contributed by atoms with Gasteiger partial charge in [-0.15, -0.1) is 0 Å². The summed E-state index contributed by atoms with van der Waals surface area (Å²) >= 11 is 0. The predicted octanol–water partition coefficient (Wildman–Crippen LogP) is 3.98. The smallest absolute Gasteiger partial charge is 0.120 e. The van der Waals surface area contributed by atoms with Crippen LogP contribution in [-0.2, 0) is 9.47 Å². The van der Waals surface area contributed by atoms with Gasteiger partial charge in [-0.25, -0.2) is 0 Å². The summed E-state index contributed by atoms with van der Waals surface area (Å²) in [5.41, 5.74) is 0. The summed E-state index contributed by atoms with van der Waals surface area (Å²) in [5, 5.41) is 4.89. The van der Waals surface area contributed by atoms with E-state index in [-0.39, 0.29) is 12.2 Å². The lowest BCUT2D eigenvalue weighted by molar-refractivity contribution is 0.263. The molecule has 0 spiro atoms. The lowest BCUT2D eigenvalue weighted by Gasteiger charge is -2.06. The van der Waals surface area contributed by atoms with Crippen LogP contribution in [0.3, 0.4) is 0 Å². The van der Waals surface area contributed by atoms with Gasteiger partial charge in [0.25, 0.3) is 0 Å². The maximum Gasteiger partial charge on any atom is 0.120 e. The molecule has 0 bridgehead atoms. The summed E-state index contributed by atoms with van der Waals surface area (Å²) in [4.78, 5) is 0. The molecular formula is C20H21O5P. The number of benzene rings is 2. The Kier molecular flexibility index (Phi) is 4.26. The molecule has 0 aliphatic carbocycles. The Morgan fingerprint density at radius 2 is 1.38 bits per heavy atom. The molecule has 26 heavy (non-hydrogen) atoms. The molecule has 3 aromatic rings.